The molecule has 0 atom stereocenters. The van der Waals surface area contributed by atoms with Gasteiger partial charge in [-0.1, -0.05) is 25.9 Å². The van der Waals surface area contributed by atoms with Gasteiger partial charge in [-0.25, -0.2) is 0 Å². The Morgan fingerprint density at radius 3 is 2.46 bits per heavy atom. The molecular weight excluding hydrogens is 188 g/mol. The summed E-state index contributed by atoms with van der Waals surface area (Å²) in [4.78, 5) is 0. The average molecular weight is 205 g/mol. The van der Waals surface area contributed by atoms with Gasteiger partial charge in [0.25, 0.3) is 0 Å². The molecule has 0 bridgehead atoms. The molecule has 76 valence electrons. The summed E-state index contributed by atoms with van der Waals surface area (Å²) in [6.45, 7) is 6.91. The predicted molar refractivity (Wildman–Crippen MR) is 55.2 cm³/mol. The first-order valence-electron chi connectivity index (χ1n) is 4.20. The molecule has 0 aliphatic carbocycles. The van der Waals surface area contributed by atoms with Crippen molar-refractivity contribution in [2.24, 2.45) is 5.73 Å². The molecule has 1 aromatic rings. The van der Waals surface area contributed by atoms with Crippen molar-refractivity contribution < 1.29 is 4.52 Å². The van der Waals surface area contributed by atoms with E-state index in [4.69, 9.17) is 10.3 Å². The Hall–Kier alpha value is -0.540. The lowest BCUT2D eigenvalue weighted by molar-refractivity contribution is 0.326. The molecule has 1 aromatic heterocycles. The third-order valence-electron chi connectivity index (χ3n) is 1.70. The fourth-order valence-corrected chi connectivity index (χ4v) is 0.931. The van der Waals surface area contributed by atoms with Gasteiger partial charge in [-0.3, -0.25) is 0 Å². The fourth-order valence-electron chi connectivity index (χ4n) is 0.931. The van der Waals surface area contributed by atoms with Gasteiger partial charge < -0.3 is 10.3 Å². The second kappa shape index (κ2) is 4.63. The van der Waals surface area contributed by atoms with Gasteiger partial charge in [0.2, 0.25) is 0 Å². The van der Waals surface area contributed by atoms with Crippen LogP contribution in [0.4, 0.5) is 0 Å². The number of hydrogen-bond donors (Lipinski definition) is 1. The maximum Gasteiger partial charge on any atom is 0.142 e. The highest BCUT2D eigenvalue weighted by molar-refractivity contribution is 5.85. The average Bonchev–Trinajstić information content (AvgIpc) is 2.35. The van der Waals surface area contributed by atoms with Crippen LogP contribution in [0.3, 0.4) is 0 Å². The molecule has 0 unspecified atom stereocenters. The van der Waals surface area contributed by atoms with Crippen molar-refractivity contribution in [3.05, 3.63) is 17.5 Å². The summed E-state index contributed by atoms with van der Waals surface area (Å²) in [6, 6.07) is 1.98. The maximum absolute atomic E-state index is 5.40. The molecule has 0 spiro atoms. The van der Waals surface area contributed by atoms with Gasteiger partial charge in [-0.2, -0.15) is 0 Å². The first-order valence-corrected chi connectivity index (χ1v) is 4.20. The summed E-state index contributed by atoms with van der Waals surface area (Å²) in [6.07, 6.45) is 0.791. The Labute approximate surface area is 85.1 Å². The lowest BCUT2D eigenvalue weighted by atomic mass is 9.93. The van der Waals surface area contributed by atoms with E-state index in [0.717, 1.165) is 17.9 Å². The summed E-state index contributed by atoms with van der Waals surface area (Å²) >= 11 is 0. The van der Waals surface area contributed by atoms with Crippen molar-refractivity contribution in [3.8, 4) is 0 Å². The topological polar surface area (TPSA) is 52.0 Å². The van der Waals surface area contributed by atoms with Crippen LogP contribution in [0.25, 0.3) is 0 Å². The molecule has 0 fully saturated rings. The van der Waals surface area contributed by atoms with Crippen molar-refractivity contribution in [1.82, 2.24) is 5.16 Å². The molecule has 1 heterocycles. The van der Waals surface area contributed by atoms with Crippen LogP contribution < -0.4 is 5.73 Å². The number of nitrogens with two attached hydrogens (primary N) is 1. The molecule has 0 aliphatic heterocycles. The summed E-state index contributed by atoms with van der Waals surface area (Å²) in [5.41, 5.74) is 6.39. The van der Waals surface area contributed by atoms with E-state index >= 15 is 0 Å². The van der Waals surface area contributed by atoms with Crippen molar-refractivity contribution in [2.45, 2.75) is 32.6 Å². The van der Waals surface area contributed by atoms with E-state index in [0.29, 0.717) is 6.54 Å². The normalized spacial score (nSPS) is 11.1. The second-order valence-electron chi connectivity index (χ2n) is 3.97. The summed E-state index contributed by atoms with van der Waals surface area (Å²) in [5, 5.41) is 3.92. The lowest BCUT2D eigenvalue weighted by Gasteiger charge is -2.12. The molecule has 3 nitrogen and oxygen atoms in total. The smallest absolute Gasteiger partial charge is 0.142 e. The van der Waals surface area contributed by atoms with Crippen LogP contribution in [0.5, 0.6) is 0 Å². The summed E-state index contributed by atoms with van der Waals surface area (Å²) in [5.74, 6) is 0.922. The fraction of sp³-hybridized carbons (Fsp3) is 0.667. The molecule has 1 rings (SSSR count). The van der Waals surface area contributed by atoms with Crippen LogP contribution in [-0.4, -0.2) is 11.7 Å². The van der Waals surface area contributed by atoms with Gasteiger partial charge >= 0.3 is 0 Å². The number of aromatic nitrogens is 1. The Morgan fingerprint density at radius 2 is 2.08 bits per heavy atom. The van der Waals surface area contributed by atoms with Crippen LogP contribution in [0, 0.1) is 0 Å². The minimum absolute atomic E-state index is 0. The quantitative estimate of drug-likeness (QED) is 0.801. The largest absolute Gasteiger partial charge is 0.361 e. The molecule has 0 aliphatic rings. The summed E-state index contributed by atoms with van der Waals surface area (Å²) < 4.78 is 5.18. The number of nitrogens with zero attached hydrogens (tertiary/aromatic N) is 1. The van der Waals surface area contributed by atoms with Crippen LogP contribution in [0.1, 0.15) is 32.2 Å². The molecule has 0 radical (unpaired) electrons. The minimum atomic E-state index is 0. The van der Waals surface area contributed by atoms with Crippen molar-refractivity contribution >= 4 is 12.4 Å². The first-order chi connectivity index (χ1) is 5.54. The second-order valence-corrected chi connectivity index (χ2v) is 3.97. The van der Waals surface area contributed by atoms with Gasteiger partial charge in [0, 0.05) is 17.9 Å². The Balaban J connectivity index is 0.00000144. The first kappa shape index (κ1) is 12.5. The van der Waals surface area contributed by atoms with Gasteiger partial charge in [-0.15, -0.1) is 12.4 Å². The lowest BCUT2D eigenvalue weighted by Crippen LogP contribution is -2.09. The number of rotatable bonds is 2. The van der Waals surface area contributed by atoms with E-state index in [1.807, 2.05) is 6.07 Å². The minimum Gasteiger partial charge on any atom is -0.361 e. The standard InChI is InChI=1S/C9H16N2O.ClH/c1-9(2,3)8-6-7(4-5-10)11-12-8;/h6H,4-5,10H2,1-3H3;1H. The van der Waals surface area contributed by atoms with E-state index < -0.39 is 0 Å². The maximum atomic E-state index is 5.40. The van der Waals surface area contributed by atoms with E-state index in [9.17, 15) is 0 Å². The monoisotopic (exact) mass is 204 g/mol. The van der Waals surface area contributed by atoms with Crippen molar-refractivity contribution in [3.63, 3.8) is 0 Å². The summed E-state index contributed by atoms with van der Waals surface area (Å²) in [7, 11) is 0. The van der Waals surface area contributed by atoms with Gasteiger partial charge in [0.05, 0.1) is 5.69 Å². The van der Waals surface area contributed by atoms with Crippen LogP contribution in [0.15, 0.2) is 10.6 Å². The van der Waals surface area contributed by atoms with Crippen LogP contribution >= 0.6 is 12.4 Å². The molecular formula is C9H17ClN2O. The Kier molecular flexibility index (Phi) is 4.44. The number of hydrogen-bond acceptors (Lipinski definition) is 3. The Bertz CT molecular complexity index is 252. The SMILES string of the molecule is CC(C)(C)c1cc(CCN)no1.Cl. The third kappa shape index (κ3) is 3.36. The zero-order valence-corrected chi connectivity index (χ0v) is 9.15. The highest BCUT2D eigenvalue weighted by Crippen LogP contribution is 2.22. The molecule has 4 heteroatoms. The van der Waals surface area contributed by atoms with Crippen LogP contribution in [-0.2, 0) is 11.8 Å². The van der Waals surface area contributed by atoms with Gasteiger partial charge in [-0.05, 0) is 6.54 Å². The van der Waals surface area contributed by atoms with E-state index in [1.165, 1.54) is 0 Å². The highest BCUT2D eigenvalue weighted by atomic mass is 35.5. The number of halogens is 1. The highest BCUT2D eigenvalue weighted by Gasteiger charge is 2.19. The molecule has 2 N–H and O–H groups in total. The zero-order chi connectivity index (χ0) is 9.19. The van der Waals surface area contributed by atoms with Crippen molar-refractivity contribution in [1.29, 1.82) is 0 Å². The molecule has 0 amide bonds. The molecule has 13 heavy (non-hydrogen) atoms. The van der Waals surface area contributed by atoms with Crippen molar-refractivity contribution in [2.75, 3.05) is 6.54 Å². The zero-order valence-electron chi connectivity index (χ0n) is 8.33. The molecule has 0 saturated heterocycles. The van der Waals surface area contributed by atoms with Crippen LogP contribution in [0.2, 0.25) is 0 Å². The van der Waals surface area contributed by atoms with Gasteiger partial charge in [0.1, 0.15) is 5.76 Å². The predicted octanol–water partition coefficient (Wildman–Crippen LogP) is 1.90. The van der Waals surface area contributed by atoms with E-state index in [-0.39, 0.29) is 17.8 Å². The molecule has 0 aromatic carbocycles. The third-order valence-corrected chi connectivity index (χ3v) is 1.70. The Morgan fingerprint density at radius 1 is 1.46 bits per heavy atom. The van der Waals surface area contributed by atoms with E-state index in [1.54, 1.807) is 0 Å². The van der Waals surface area contributed by atoms with Gasteiger partial charge in [0.15, 0.2) is 0 Å². The molecule has 0 saturated carbocycles. The van der Waals surface area contributed by atoms with E-state index in [2.05, 4.69) is 25.9 Å².